The van der Waals surface area contributed by atoms with Crippen molar-refractivity contribution in [3.63, 3.8) is 0 Å². The lowest BCUT2D eigenvalue weighted by atomic mass is 9.98. The Balaban J connectivity index is 1.63. The minimum absolute atomic E-state index is 0.799. The van der Waals surface area contributed by atoms with Crippen molar-refractivity contribution in [1.82, 2.24) is 4.90 Å². The molecule has 1 aliphatic rings. The summed E-state index contributed by atoms with van der Waals surface area (Å²) in [6.07, 6.45) is 2.15. The lowest BCUT2D eigenvalue weighted by Crippen LogP contribution is -2.32. The fraction of sp³-hybridized carbons (Fsp3) is 0.294. The number of hydrogen-bond acceptors (Lipinski definition) is 2. The summed E-state index contributed by atoms with van der Waals surface area (Å²) >= 11 is 5.91. The Morgan fingerprint density at radius 1 is 1.10 bits per heavy atom. The molecule has 1 heterocycles. The van der Waals surface area contributed by atoms with Crippen LogP contribution in [0.25, 0.3) is 0 Å². The summed E-state index contributed by atoms with van der Waals surface area (Å²) in [6, 6.07) is 14.4. The Morgan fingerprint density at radius 3 is 2.70 bits per heavy atom. The molecule has 0 spiro atoms. The van der Waals surface area contributed by atoms with Crippen molar-refractivity contribution in [2.45, 2.75) is 19.4 Å². The Kier molecular flexibility index (Phi) is 3.95. The van der Waals surface area contributed by atoms with E-state index in [9.17, 15) is 0 Å². The van der Waals surface area contributed by atoms with Gasteiger partial charge in [-0.1, -0.05) is 35.9 Å². The molecule has 0 saturated carbocycles. The first-order valence-corrected chi connectivity index (χ1v) is 7.43. The summed E-state index contributed by atoms with van der Waals surface area (Å²) in [7, 11) is 0. The number of benzene rings is 2. The number of nitrogens with zero attached hydrogens (tertiary/aromatic N) is 1. The second-order valence-electron chi connectivity index (χ2n) is 5.39. The smallest absolute Gasteiger partial charge is 0.0406 e. The standard InChI is InChI=1S/C17H19ClN2/c18-15-6-4-13(5-7-15)8-10-20-11-9-14-2-1-3-17(19)16(14)12-20/h1-7H,8-12,19H2. The molecular formula is C17H19ClN2. The van der Waals surface area contributed by atoms with Gasteiger partial charge in [-0.15, -0.1) is 0 Å². The van der Waals surface area contributed by atoms with Gasteiger partial charge < -0.3 is 5.73 Å². The van der Waals surface area contributed by atoms with Gasteiger partial charge in [-0.3, -0.25) is 4.90 Å². The van der Waals surface area contributed by atoms with Crippen molar-refractivity contribution < 1.29 is 0 Å². The third-order valence-corrected chi connectivity index (χ3v) is 4.27. The van der Waals surface area contributed by atoms with Crippen molar-refractivity contribution >= 4 is 17.3 Å². The average Bonchev–Trinajstić information content (AvgIpc) is 2.47. The van der Waals surface area contributed by atoms with Crippen LogP contribution in [0.2, 0.25) is 5.02 Å². The molecule has 0 amide bonds. The van der Waals surface area contributed by atoms with Crippen LogP contribution in [0.15, 0.2) is 42.5 Å². The molecule has 20 heavy (non-hydrogen) atoms. The molecule has 2 N–H and O–H groups in total. The molecule has 0 bridgehead atoms. The number of rotatable bonds is 3. The highest BCUT2D eigenvalue weighted by Gasteiger charge is 2.17. The molecule has 0 saturated heterocycles. The van der Waals surface area contributed by atoms with E-state index in [4.69, 9.17) is 17.3 Å². The van der Waals surface area contributed by atoms with E-state index in [2.05, 4.69) is 29.2 Å². The minimum atomic E-state index is 0.799. The van der Waals surface area contributed by atoms with Gasteiger partial charge in [-0.05, 0) is 47.7 Å². The fourth-order valence-electron chi connectivity index (χ4n) is 2.79. The number of fused-ring (bicyclic) bond motifs is 1. The number of nitrogens with two attached hydrogens (primary N) is 1. The summed E-state index contributed by atoms with van der Waals surface area (Å²) in [5, 5.41) is 0.799. The van der Waals surface area contributed by atoms with E-state index < -0.39 is 0 Å². The molecule has 2 aromatic carbocycles. The summed E-state index contributed by atoms with van der Waals surface area (Å²) in [5.41, 5.74) is 11.1. The van der Waals surface area contributed by atoms with E-state index in [1.165, 1.54) is 16.7 Å². The largest absolute Gasteiger partial charge is 0.398 e. The maximum atomic E-state index is 6.09. The summed E-state index contributed by atoms with van der Waals surface area (Å²) in [5.74, 6) is 0. The molecule has 3 rings (SSSR count). The van der Waals surface area contributed by atoms with E-state index in [-0.39, 0.29) is 0 Å². The van der Waals surface area contributed by atoms with E-state index in [1.54, 1.807) is 0 Å². The van der Waals surface area contributed by atoms with Gasteiger partial charge in [0.2, 0.25) is 0 Å². The molecule has 2 nitrogen and oxygen atoms in total. The lowest BCUT2D eigenvalue weighted by molar-refractivity contribution is 0.258. The molecule has 0 atom stereocenters. The van der Waals surface area contributed by atoms with Crippen molar-refractivity contribution in [1.29, 1.82) is 0 Å². The van der Waals surface area contributed by atoms with E-state index in [0.717, 1.165) is 43.2 Å². The van der Waals surface area contributed by atoms with Gasteiger partial charge in [0.05, 0.1) is 0 Å². The molecule has 3 heteroatoms. The van der Waals surface area contributed by atoms with Gasteiger partial charge in [-0.2, -0.15) is 0 Å². The monoisotopic (exact) mass is 286 g/mol. The molecule has 1 aliphatic heterocycles. The van der Waals surface area contributed by atoms with Gasteiger partial charge in [0.1, 0.15) is 0 Å². The van der Waals surface area contributed by atoms with Crippen molar-refractivity contribution in [2.24, 2.45) is 0 Å². The number of hydrogen-bond donors (Lipinski definition) is 1. The zero-order valence-electron chi connectivity index (χ0n) is 11.5. The molecule has 0 unspecified atom stereocenters. The maximum absolute atomic E-state index is 6.09. The van der Waals surface area contributed by atoms with Crippen LogP contribution >= 0.6 is 11.6 Å². The number of nitrogen functional groups attached to an aromatic ring is 1. The van der Waals surface area contributed by atoms with E-state index >= 15 is 0 Å². The first-order valence-electron chi connectivity index (χ1n) is 7.05. The SMILES string of the molecule is Nc1cccc2c1CN(CCc1ccc(Cl)cc1)CC2. The van der Waals surface area contributed by atoms with Crippen LogP contribution < -0.4 is 5.73 Å². The van der Waals surface area contributed by atoms with Gasteiger partial charge in [-0.25, -0.2) is 0 Å². The van der Waals surface area contributed by atoms with Crippen LogP contribution in [-0.4, -0.2) is 18.0 Å². The Hall–Kier alpha value is -1.51. The van der Waals surface area contributed by atoms with Crippen molar-refractivity contribution in [2.75, 3.05) is 18.8 Å². The summed E-state index contributed by atoms with van der Waals surface area (Å²) < 4.78 is 0. The van der Waals surface area contributed by atoms with Crippen molar-refractivity contribution in [3.05, 3.63) is 64.2 Å². The number of halogens is 1. The van der Waals surface area contributed by atoms with Crippen LogP contribution in [0.5, 0.6) is 0 Å². The van der Waals surface area contributed by atoms with Crippen molar-refractivity contribution in [3.8, 4) is 0 Å². The maximum Gasteiger partial charge on any atom is 0.0406 e. The van der Waals surface area contributed by atoms with Crippen LogP contribution in [-0.2, 0) is 19.4 Å². The van der Waals surface area contributed by atoms with Gasteiger partial charge in [0.15, 0.2) is 0 Å². The first-order chi connectivity index (χ1) is 9.72. The van der Waals surface area contributed by atoms with Crippen LogP contribution in [0.3, 0.4) is 0 Å². The zero-order chi connectivity index (χ0) is 13.9. The molecule has 0 fully saturated rings. The molecule has 2 aromatic rings. The predicted octanol–water partition coefficient (Wildman–Crippen LogP) is 3.52. The van der Waals surface area contributed by atoms with Gasteiger partial charge in [0, 0.05) is 30.3 Å². The summed E-state index contributed by atoms with van der Waals surface area (Å²) in [6.45, 7) is 3.15. The normalized spacial score (nSPS) is 15.1. The molecule has 104 valence electrons. The van der Waals surface area contributed by atoms with Gasteiger partial charge in [0.25, 0.3) is 0 Å². The Bertz CT molecular complexity index is 592. The van der Waals surface area contributed by atoms with Crippen LogP contribution in [0.4, 0.5) is 5.69 Å². The van der Waals surface area contributed by atoms with E-state index in [0.29, 0.717) is 0 Å². The van der Waals surface area contributed by atoms with E-state index in [1.807, 2.05) is 18.2 Å². The highest BCUT2D eigenvalue weighted by atomic mass is 35.5. The number of anilines is 1. The summed E-state index contributed by atoms with van der Waals surface area (Å²) in [4.78, 5) is 2.48. The second kappa shape index (κ2) is 5.86. The minimum Gasteiger partial charge on any atom is -0.398 e. The van der Waals surface area contributed by atoms with Crippen LogP contribution in [0.1, 0.15) is 16.7 Å². The third-order valence-electron chi connectivity index (χ3n) is 4.02. The third kappa shape index (κ3) is 2.97. The quantitative estimate of drug-likeness (QED) is 0.875. The average molecular weight is 287 g/mol. The van der Waals surface area contributed by atoms with Crippen LogP contribution in [0, 0.1) is 0 Å². The molecular weight excluding hydrogens is 268 g/mol. The second-order valence-corrected chi connectivity index (χ2v) is 5.82. The molecule has 0 radical (unpaired) electrons. The highest BCUT2D eigenvalue weighted by Crippen LogP contribution is 2.24. The zero-order valence-corrected chi connectivity index (χ0v) is 12.2. The Labute approximate surface area is 125 Å². The predicted molar refractivity (Wildman–Crippen MR) is 85.0 cm³/mol. The molecule has 0 aromatic heterocycles. The molecule has 0 aliphatic carbocycles. The van der Waals surface area contributed by atoms with Gasteiger partial charge >= 0.3 is 0 Å². The first kappa shape index (κ1) is 13.5. The lowest BCUT2D eigenvalue weighted by Gasteiger charge is -2.29. The topological polar surface area (TPSA) is 29.3 Å². The fourth-order valence-corrected chi connectivity index (χ4v) is 2.92. The highest BCUT2D eigenvalue weighted by molar-refractivity contribution is 6.30. The Morgan fingerprint density at radius 2 is 1.90 bits per heavy atom.